The molecule has 2 aromatic carbocycles. The van der Waals surface area contributed by atoms with E-state index in [0.29, 0.717) is 18.5 Å². The Morgan fingerprint density at radius 1 is 1.09 bits per heavy atom. The molecule has 8 nitrogen and oxygen atoms in total. The van der Waals surface area contributed by atoms with Crippen molar-refractivity contribution in [2.24, 2.45) is 4.99 Å². The van der Waals surface area contributed by atoms with E-state index in [1.807, 2.05) is 36.4 Å². The van der Waals surface area contributed by atoms with E-state index in [0.717, 1.165) is 60.4 Å². The van der Waals surface area contributed by atoms with Gasteiger partial charge in [0.05, 0.1) is 27.0 Å². The van der Waals surface area contributed by atoms with E-state index in [9.17, 15) is 0 Å². The Morgan fingerprint density at radius 2 is 1.79 bits per heavy atom. The number of nitrogens with one attached hydrogen (secondary N) is 2. The van der Waals surface area contributed by atoms with Crippen LogP contribution in [0.15, 0.2) is 64.1 Å². The molecule has 0 amide bonds. The van der Waals surface area contributed by atoms with Gasteiger partial charge in [0, 0.05) is 55.6 Å². The Kier molecular flexibility index (Phi) is 7.34. The number of piperidine rings is 1. The van der Waals surface area contributed by atoms with Gasteiger partial charge in [0.2, 0.25) is 5.89 Å². The van der Waals surface area contributed by atoms with Crippen molar-refractivity contribution in [2.75, 3.05) is 39.3 Å². The van der Waals surface area contributed by atoms with Gasteiger partial charge in [0.25, 0.3) is 0 Å². The number of aromatic nitrogens is 1. The van der Waals surface area contributed by atoms with Crippen molar-refractivity contribution >= 4 is 11.6 Å². The number of hydrogen-bond acceptors (Lipinski definition) is 6. The molecule has 1 aromatic heterocycles. The molecule has 1 aliphatic rings. The minimum absolute atomic E-state index is 0.337. The summed E-state index contributed by atoms with van der Waals surface area (Å²) in [5.41, 5.74) is 2.13. The lowest BCUT2D eigenvalue weighted by atomic mass is 10.0. The minimum atomic E-state index is 0.337. The average Bonchev–Trinajstić information content (AvgIpc) is 3.36. The van der Waals surface area contributed by atoms with Gasteiger partial charge in [-0.05, 0) is 12.8 Å². The Hall–Kier alpha value is -3.68. The smallest absolute Gasteiger partial charge is 0.214 e. The van der Waals surface area contributed by atoms with Crippen LogP contribution in [0.3, 0.4) is 0 Å². The fraction of sp³-hybridized carbons (Fsp3) is 0.360. The Balaban J connectivity index is 1.28. The van der Waals surface area contributed by atoms with Crippen molar-refractivity contribution in [3.05, 3.63) is 60.6 Å². The van der Waals surface area contributed by atoms with Crippen LogP contribution in [-0.4, -0.2) is 51.3 Å². The number of methoxy groups -OCH3 is 2. The molecule has 1 saturated heterocycles. The highest BCUT2D eigenvalue weighted by Crippen LogP contribution is 2.30. The van der Waals surface area contributed by atoms with E-state index in [4.69, 9.17) is 13.9 Å². The van der Waals surface area contributed by atoms with Gasteiger partial charge in [0.1, 0.15) is 11.5 Å². The predicted octanol–water partition coefficient (Wildman–Crippen LogP) is 3.69. The fourth-order valence-electron chi connectivity index (χ4n) is 3.93. The Morgan fingerprint density at radius 3 is 2.42 bits per heavy atom. The fourth-order valence-corrected chi connectivity index (χ4v) is 3.93. The maximum Gasteiger partial charge on any atom is 0.214 e. The third-order valence-corrected chi connectivity index (χ3v) is 5.78. The van der Waals surface area contributed by atoms with Gasteiger partial charge in [-0.15, -0.1) is 0 Å². The molecular formula is C25H31N5O3. The molecule has 0 unspecified atom stereocenters. The molecule has 0 bridgehead atoms. The van der Waals surface area contributed by atoms with E-state index in [-0.39, 0.29) is 0 Å². The number of nitrogens with zero attached hydrogens (tertiary/aromatic N) is 3. The van der Waals surface area contributed by atoms with Gasteiger partial charge in [0.15, 0.2) is 11.7 Å². The standard InChI is InChI=1S/C25H31N5O3/c1-26-25(28-17-24-27-16-23(33-24)18-7-5-4-6-8-18)29-19-9-11-30(12-10-19)20-13-21(31-2)15-22(14-20)32-3/h4-8,13-16,19H,9-12,17H2,1-3H3,(H2,26,28,29). The summed E-state index contributed by atoms with van der Waals surface area (Å²) in [5.74, 6) is 3.73. The second-order valence-corrected chi connectivity index (χ2v) is 7.89. The number of guanidine groups is 1. The van der Waals surface area contributed by atoms with E-state index in [1.165, 1.54) is 0 Å². The van der Waals surface area contributed by atoms with E-state index < -0.39 is 0 Å². The first-order valence-corrected chi connectivity index (χ1v) is 11.1. The topological polar surface area (TPSA) is 84.2 Å². The lowest BCUT2D eigenvalue weighted by Crippen LogP contribution is -2.48. The summed E-state index contributed by atoms with van der Waals surface area (Å²) in [6.07, 6.45) is 3.75. The summed E-state index contributed by atoms with van der Waals surface area (Å²) >= 11 is 0. The highest BCUT2D eigenvalue weighted by atomic mass is 16.5. The molecule has 174 valence electrons. The molecule has 4 rings (SSSR count). The van der Waals surface area contributed by atoms with E-state index in [2.05, 4.69) is 37.6 Å². The van der Waals surface area contributed by atoms with Crippen molar-refractivity contribution in [1.82, 2.24) is 15.6 Å². The summed E-state index contributed by atoms with van der Waals surface area (Å²) < 4.78 is 16.7. The molecule has 0 aliphatic carbocycles. The van der Waals surface area contributed by atoms with Crippen molar-refractivity contribution in [1.29, 1.82) is 0 Å². The molecule has 2 heterocycles. The van der Waals surface area contributed by atoms with Gasteiger partial charge in [-0.3, -0.25) is 4.99 Å². The number of benzene rings is 2. The highest BCUT2D eigenvalue weighted by molar-refractivity contribution is 5.79. The molecular weight excluding hydrogens is 418 g/mol. The van der Waals surface area contributed by atoms with Gasteiger partial charge >= 0.3 is 0 Å². The molecule has 1 aliphatic heterocycles. The first-order valence-electron chi connectivity index (χ1n) is 11.1. The molecule has 2 N–H and O–H groups in total. The van der Waals surface area contributed by atoms with Crippen molar-refractivity contribution in [3.63, 3.8) is 0 Å². The van der Waals surface area contributed by atoms with Crippen LogP contribution >= 0.6 is 0 Å². The summed E-state index contributed by atoms with van der Waals surface area (Å²) in [7, 11) is 5.13. The van der Waals surface area contributed by atoms with Gasteiger partial charge < -0.3 is 29.4 Å². The maximum absolute atomic E-state index is 5.87. The number of ether oxygens (including phenoxy) is 2. The highest BCUT2D eigenvalue weighted by Gasteiger charge is 2.21. The lowest BCUT2D eigenvalue weighted by Gasteiger charge is -2.34. The zero-order valence-electron chi connectivity index (χ0n) is 19.4. The second kappa shape index (κ2) is 10.8. The van der Waals surface area contributed by atoms with Gasteiger partial charge in [-0.2, -0.15) is 0 Å². The average molecular weight is 450 g/mol. The number of anilines is 1. The van der Waals surface area contributed by atoms with E-state index >= 15 is 0 Å². The SMILES string of the molecule is CN=C(NCc1ncc(-c2ccccc2)o1)NC1CCN(c2cc(OC)cc(OC)c2)CC1. The Bertz CT molecular complexity index is 1040. The molecule has 0 atom stereocenters. The summed E-state index contributed by atoms with van der Waals surface area (Å²) in [5, 5.41) is 6.83. The quantitative estimate of drug-likeness (QED) is 0.420. The molecule has 33 heavy (non-hydrogen) atoms. The molecule has 8 heteroatoms. The molecule has 0 radical (unpaired) electrons. The first-order chi connectivity index (χ1) is 16.2. The first kappa shape index (κ1) is 22.5. The summed E-state index contributed by atoms with van der Waals surface area (Å²) in [4.78, 5) is 11.1. The largest absolute Gasteiger partial charge is 0.497 e. The zero-order valence-corrected chi connectivity index (χ0v) is 19.4. The lowest BCUT2D eigenvalue weighted by molar-refractivity contribution is 0.393. The number of aliphatic imine (C=N–C) groups is 1. The van der Waals surface area contributed by atoms with Crippen LogP contribution in [-0.2, 0) is 6.54 Å². The van der Waals surface area contributed by atoms with Crippen molar-refractivity contribution in [3.8, 4) is 22.8 Å². The van der Waals surface area contributed by atoms with Crippen LogP contribution < -0.4 is 25.0 Å². The van der Waals surface area contributed by atoms with Crippen LogP contribution in [0.25, 0.3) is 11.3 Å². The molecule has 0 spiro atoms. The minimum Gasteiger partial charge on any atom is -0.497 e. The van der Waals surface area contributed by atoms with Crippen LogP contribution in [0.1, 0.15) is 18.7 Å². The number of hydrogen-bond donors (Lipinski definition) is 2. The molecule has 3 aromatic rings. The normalized spacial score (nSPS) is 14.8. The summed E-state index contributed by atoms with van der Waals surface area (Å²) in [6.45, 7) is 2.34. The maximum atomic E-state index is 5.87. The van der Waals surface area contributed by atoms with Crippen LogP contribution in [0, 0.1) is 0 Å². The van der Waals surface area contributed by atoms with Gasteiger partial charge in [-0.25, -0.2) is 4.98 Å². The second-order valence-electron chi connectivity index (χ2n) is 7.89. The third kappa shape index (κ3) is 5.77. The monoisotopic (exact) mass is 449 g/mol. The van der Waals surface area contributed by atoms with Gasteiger partial charge in [-0.1, -0.05) is 30.3 Å². The van der Waals surface area contributed by atoms with Crippen LogP contribution in [0.4, 0.5) is 5.69 Å². The molecule has 0 saturated carbocycles. The van der Waals surface area contributed by atoms with Crippen LogP contribution in [0.2, 0.25) is 0 Å². The van der Waals surface area contributed by atoms with Crippen LogP contribution in [0.5, 0.6) is 11.5 Å². The number of rotatable bonds is 7. The number of oxazole rings is 1. The van der Waals surface area contributed by atoms with E-state index in [1.54, 1.807) is 27.5 Å². The Labute approximate surface area is 194 Å². The zero-order chi connectivity index (χ0) is 23.0. The van der Waals surface area contributed by atoms with Crippen molar-refractivity contribution < 1.29 is 13.9 Å². The summed E-state index contributed by atoms with van der Waals surface area (Å²) in [6, 6.07) is 16.3. The predicted molar refractivity (Wildman–Crippen MR) is 130 cm³/mol. The van der Waals surface area contributed by atoms with Crippen molar-refractivity contribution in [2.45, 2.75) is 25.4 Å². The third-order valence-electron chi connectivity index (χ3n) is 5.78. The molecule has 1 fully saturated rings.